The zero-order valence-electron chi connectivity index (χ0n) is 18.2. The third kappa shape index (κ3) is 5.96. The van der Waals surface area contributed by atoms with E-state index in [1.54, 1.807) is 24.3 Å². The van der Waals surface area contributed by atoms with E-state index < -0.39 is 17.8 Å². The number of amides is 2. The molecule has 2 N–H and O–H groups in total. The Kier molecular flexibility index (Phi) is 7.21. The van der Waals surface area contributed by atoms with Crippen LogP contribution in [0.4, 0.5) is 35.2 Å². The highest BCUT2D eigenvalue weighted by molar-refractivity contribution is 6.33. The second-order valence-electron chi connectivity index (χ2n) is 8.03. The lowest BCUT2D eigenvalue weighted by Crippen LogP contribution is -2.25. The summed E-state index contributed by atoms with van der Waals surface area (Å²) in [7, 11) is 0. The molecule has 10 heteroatoms. The van der Waals surface area contributed by atoms with Gasteiger partial charge in [-0.3, -0.25) is 0 Å². The van der Waals surface area contributed by atoms with Crippen molar-refractivity contribution in [2.75, 3.05) is 28.6 Å². The van der Waals surface area contributed by atoms with E-state index in [4.69, 9.17) is 11.6 Å². The van der Waals surface area contributed by atoms with Gasteiger partial charge in [0.1, 0.15) is 0 Å². The molecule has 6 nitrogen and oxygen atoms in total. The summed E-state index contributed by atoms with van der Waals surface area (Å²) in [6.45, 7) is 1.98. The lowest BCUT2D eigenvalue weighted by atomic mass is 10.1. The first-order chi connectivity index (χ1) is 16.3. The SMILES string of the molecule is O=C(Nc1ccc(-c2ccc(N3CCCCCC3)nn2)cc1)Nc1cc(C(F)(F)F)ccc1Cl. The van der Waals surface area contributed by atoms with Crippen LogP contribution in [0.2, 0.25) is 5.02 Å². The minimum atomic E-state index is -4.54. The van der Waals surface area contributed by atoms with E-state index in [0.717, 1.165) is 55.5 Å². The average molecular weight is 490 g/mol. The molecule has 3 aromatic rings. The van der Waals surface area contributed by atoms with Crippen LogP contribution in [0.5, 0.6) is 0 Å². The lowest BCUT2D eigenvalue weighted by molar-refractivity contribution is -0.137. The Balaban J connectivity index is 1.39. The average Bonchev–Trinajstić information content (AvgIpc) is 3.10. The molecular weight excluding hydrogens is 467 g/mol. The number of anilines is 3. The minimum absolute atomic E-state index is 0.000644. The molecule has 0 spiro atoms. The quantitative estimate of drug-likeness (QED) is 0.421. The van der Waals surface area contributed by atoms with Gasteiger partial charge in [-0.15, -0.1) is 10.2 Å². The molecule has 178 valence electrons. The fourth-order valence-electron chi connectivity index (χ4n) is 3.75. The van der Waals surface area contributed by atoms with Gasteiger partial charge in [-0.1, -0.05) is 36.6 Å². The summed E-state index contributed by atoms with van der Waals surface area (Å²) in [5.41, 5.74) is 0.940. The molecule has 2 aromatic carbocycles. The summed E-state index contributed by atoms with van der Waals surface area (Å²) in [4.78, 5) is 14.5. The Morgan fingerprint density at radius 1 is 0.882 bits per heavy atom. The van der Waals surface area contributed by atoms with Gasteiger partial charge in [-0.25, -0.2) is 4.79 Å². The summed E-state index contributed by atoms with van der Waals surface area (Å²) in [6.07, 6.45) is 0.263. The van der Waals surface area contributed by atoms with Crippen LogP contribution < -0.4 is 15.5 Å². The minimum Gasteiger partial charge on any atom is -0.355 e. The molecule has 1 aliphatic heterocycles. The first-order valence-corrected chi connectivity index (χ1v) is 11.3. The fourth-order valence-corrected chi connectivity index (χ4v) is 3.92. The summed E-state index contributed by atoms with van der Waals surface area (Å²) in [6, 6.07) is 12.8. The smallest absolute Gasteiger partial charge is 0.355 e. The van der Waals surface area contributed by atoms with Crippen LogP contribution in [0.25, 0.3) is 11.3 Å². The standard InChI is InChI=1S/C24H23ClF3N5O/c25-19-10-7-17(24(26,27)28)15-21(19)30-23(34)29-18-8-5-16(6-9-18)20-11-12-22(32-31-20)33-13-3-1-2-4-14-33/h5-12,15H,1-4,13-14H2,(H2,29,30,34). The van der Waals surface area contributed by atoms with Gasteiger partial charge < -0.3 is 15.5 Å². The maximum absolute atomic E-state index is 12.9. The number of aromatic nitrogens is 2. The van der Waals surface area contributed by atoms with Crippen molar-refractivity contribution in [2.24, 2.45) is 0 Å². The molecule has 2 amide bonds. The predicted octanol–water partition coefficient (Wildman–Crippen LogP) is 6.84. The van der Waals surface area contributed by atoms with E-state index in [1.807, 2.05) is 12.1 Å². The molecule has 0 saturated carbocycles. The molecule has 1 aliphatic rings. The summed E-state index contributed by atoms with van der Waals surface area (Å²) < 4.78 is 38.7. The highest BCUT2D eigenvalue weighted by atomic mass is 35.5. The van der Waals surface area contributed by atoms with E-state index in [1.165, 1.54) is 12.8 Å². The van der Waals surface area contributed by atoms with Crippen molar-refractivity contribution in [3.05, 3.63) is 65.2 Å². The fraction of sp³-hybridized carbons (Fsp3) is 0.292. The highest BCUT2D eigenvalue weighted by Gasteiger charge is 2.31. The number of carbonyl (C=O) groups excluding carboxylic acids is 1. The van der Waals surface area contributed by atoms with Crippen molar-refractivity contribution in [3.63, 3.8) is 0 Å². The van der Waals surface area contributed by atoms with Crippen LogP contribution in [0.15, 0.2) is 54.6 Å². The monoisotopic (exact) mass is 489 g/mol. The van der Waals surface area contributed by atoms with Gasteiger partial charge in [0.25, 0.3) is 0 Å². The van der Waals surface area contributed by atoms with Crippen LogP contribution in [0.1, 0.15) is 31.2 Å². The van der Waals surface area contributed by atoms with Crippen molar-refractivity contribution < 1.29 is 18.0 Å². The van der Waals surface area contributed by atoms with Gasteiger partial charge in [-0.05, 0) is 55.3 Å². The molecule has 1 saturated heterocycles. The van der Waals surface area contributed by atoms with Gasteiger partial charge in [0.15, 0.2) is 5.82 Å². The van der Waals surface area contributed by atoms with Gasteiger partial charge in [-0.2, -0.15) is 13.2 Å². The highest BCUT2D eigenvalue weighted by Crippen LogP contribution is 2.34. The first kappa shape index (κ1) is 23.8. The van der Waals surface area contributed by atoms with Crippen LogP contribution in [-0.2, 0) is 6.18 Å². The number of nitrogens with zero attached hydrogens (tertiary/aromatic N) is 3. The van der Waals surface area contributed by atoms with E-state index in [2.05, 4.69) is 25.7 Å². The second-order valence-corrected chi connectivity index (χ2v) is 8.43. The molecular formula is C24H23ClF3N5O. The zero-order chi connectivity index (χ0) is 24.1. The van der Waals surface area contributed by atoms with Crippen molar-refractivity contribution >= 4 is 34.8 Å². The number of alkyl halides is 3. The van der Waals surface area contributed by atoms with E-state index >= 15 is 0 Å². The maximum Gasteiger partial charge on any atom is 0.416 e. The lowest BCUT2D eigenvalue weighted by Gasteiger charge is -2.20. The largest absolute Gasteiger partial charge is 0.416 e. The second kappa shape index (κ2) is 10.3. The molecule has 0 radical (unpaired) electrons. The molecule has 1 fully saturated rings. The Bertz CT molecular complexity index is 1130. The van der Waals surface area contributed by atoms with Crippen molar-refractivity contribution in [1.29, 1.82) is 0 Å². The first-order valence-electron chi connectivity index (χ1n) is 10.9. The number of nitrogens with one attached hydrogen (secondary N) is 2. The Morgan fingerprint density at radius 2 is 1.59 bits per heavy atom. The van der Waals surface area contributed by atoms with Gasteiger partial charge in [0, 0.05) is 24.3 Å². The van der Waals surface area contributed by atoms with Crippen molar-refractivity contribution in [3.8, 4) is 11.3 Å². The summed E-state index contributed by atoms with van der Waals surface area (Å²) in [5.74, 6) is 0.869. The maximum atomic E-state index is 12.9. The molecule has 0 unspecified atom stereocenters. The number of carbonyl (C=O) groups is 1. The van der Waals surface area contributed by atoms with E-state index in [-0.39, 0.29) is 10.7 Å². The van der Waals surface area contributed by atoms with Crippen LogP contribution in [0, 0.1) is 0 Å². The number of benzene rings is 2. The predicted molar refractivity (Wildman–Crippen MR) is 127 cm³/mol. The molecule has 2 heterocycles. The molecule has 0 atom stereocenters. The zero-order valence-corrected chi connectivity index (χ0v) is 19.0. The Labute approximate surface area is 200 Å². The van der Waals surface area contributed by atoms with E-state index in [0.29, 0.717) is 11.4 Å². The van der Waals surface area contributed by atoms with Gasteiger partial charge >= 0.3 is 12.2 Å². The number of hydrogen-bond acceptors (Lipinski definition) is 4. The van der Waals surface area contributed by atoms with Crippen LogP contribution in [0.3, 0.4) is 0 Å². The van der Waals surface area contributed by atoms with Gasteiger partial charge in [0.2, 0.25) is 0 Å². The topological polar surface area (TPSA) is 70.2 Å². The third-order valence-electron chi connectivity index (χ3n) is 5.56. The molecule has 0 aliphatic carbocycles. The number of rotatable bonds is 4. The van der Waals surface area contributed by atoms with E-state index in [9.17, 15) is 18.0 Å². The Hall–Kier alpha value is -3.33. The van der Waals surface area contributed by atoms with Crippen LogP contribution in [-0.4, -0.2) is 29.3 Å². The Morgan fingerprint density at radius 3 is 2.21 bits per heavy atom. The number of hydrogen-bond donors (Lipinski definition) is 2. The normalized spacial score (nSPS) is 14.4. The van der Waals surface area contributed by atoms with Crippen molar-refractivity contribution in [2.45, 2.75) is 31.9 Å². The number of urea groups is 1. The summed E-state index contributed by atoms with van der Waals surface area (Å²) in [5, 5.41) is 13.6. The molecule has 0 bridgehead atoms. The van der Waals surface area contributed by atoms with Crippen LogP contribution >= 0.6 is 11.6 Å². The molecule has 1 aromatic heterocycles. The number of halogens is 4. The molecule has 34 heavy (non-hydrogen) atoms. The molecule has 4 rings (SSSR count). The third-order valence-corrected chi connectivity index (χ3v) is 5.89. The van der Waals surface area contributed by atoms with Crippen molar-refractivity contribution in [1.82, 2.24) is 10.2 Å². The van der Waals surface area contributed by atoms with Gasteiger partial charge in [0.05, 0.1) is 22.0 Å². The summed E-state index contributed by atoms with van der Waals surface area (Å²) >= 11 is 5.92.